The van der Waals surface area contributed by atoms with Crippen molar-refractivity contribution < 1.29 is 39.3 Å². The molecule has 178 valence electrons. The Morgan fingerprint density at radius 2 is 1.62 bits per heavy atom. The second-order valence-electron chi connectivity index (χ2n) is 7.17. The third-order valence-electron chi connectivity index (χ3n) is 4.44. The van der Waals surface area contributed by atoms with Crippen molar-refractivity contribution in [2.24, 2.45) is 5.73 Å². The highest BCUT2D eigenvalue weighted by molar-refractivity contribution is 5.94. The number of H-pyrrole nitrogens is 1. The van der Waals surface area contributed by atoms with Crippen LogP contribution in [0.2, 0.25) is 0 Å². The number of aliphatic carboxylic acids is 2. The molecule has 32 heavy (non-hydrogen) atoms. The van der Waals surface area contributed by atoms with Crippen LogP contribution in [0, 0.1) is 0 Å². The maximum Gasteiger partial charge on any atom is 0.325 e. The van der Waals surface area contributed by atoms with Crippen molar-refractivity contribution in [3.63, 3.8) is 0 Å². The number of amides is 3. The summed E-state index contributed by atoms with van der Waals surface area (Å²) >= 11 is 0. The predicted octanol–water partition coefficient (Wildman–Crippen LogP) is -2.92. The second-order valence-corrected chi connectivity index (χ2v) is 7.17. The number of nitrogens with zero attached hydrogens (tertiary/aromatic N) is 1. The third-order valence-corrected chi connectivity index (χ3v) is 4.44. The number of aliphatic hydroxyl groups excluding tert-OH is 1. The van der Waals surface area contributed by atoms with Gasteiger partial charge in [0.05, 0.1) is 12.4 Å². The fourth-order valence-corrected chi connectivity index (χ4v) is 2.50. The molecule has 0 aliphatic heterocycles. The van der Waals surface area contributed by atoms with E-state index in [0.717, 1.165) is 0 Å². The predicted molar refractivity (Wildman–Crippen MR) is 108 cm³/mol. The Hall–Kier alpha value is -3.52. The highest BCUT2D eigenvalue weighted by Gasteiger charge is 2.30. The van der Waals surface area contributed by atoms with Crippen LogP contribution in [-0.4, -0.2) is 85.2 Å². The van der Waals surface area contributed by atoms with E-state index in [9.17, 15) is 29.1 Å². The number of imidazole rings is 1. The Morgan fingerprint density at radius 1 is 1.03 bits per heavy atom. The maximum atomic E-state index is 12.9. The third kappa shape index (κ3) is 8.69. The van der Waals surface area contributed by atoms with E-state index in [2.05, 4.69) is 25.9 Å². The number of nitrogens with one attached hydrogen (secondary N) is 4. The van der Waals surface area contributed by atoms with Gasteiger partial charge in [0.25, 0.3) is 0 Å². The van der Waals surface area contributed by atoms with Crippen LogP contribution in [0.3, 0.4) is 0 Å². The van der Waals surface area contributed by atoms with Crippen LogP contribution < -0.4 is 21.7 Å². The summed E-state index contributed by atoms with van der Waals surface area (Å²) in [5.41, 5.74) is 6.06. The Morgan fingerprint density at radius 3 is 2.12 bits per heavy atom. The summed E-state index contributed by atoms with van der Waals surface area (Å²) in [6.45, 7) is 2.50. The Balaban J connectivity index is 3.02. The van der Waals surface area contributed by atoms with Crippen molar-refractivity contribution in [2.45, 2.75) is 63.4 Å². The van der Waals surface area contributed by atoms with E-state index < -0.39 is 66.4 Å². The molecule has 3 amide bonds. The summed E-state index contributed by atoms with van der Waals surface area (Å²) in [5, 5.41) is 34.3. The lowest BCUT2D eigenvalue weighted by Crippen LogP contribution is -2.58. The summed E-state index contributed by atoms with van der Waals surface area (Å²) < 4.78 is 0. The van der Waals surface area contributed by atoms with Crippen molar-refractivity contribution in [1.29, 1.82) is 0 Å². The van der Waals surface area contributed by atoms with Crippen LogP contribution >= 0.6 is 0 Å². The van der Waals surface area contributed by atoms with E-state index in [-0.39, 0.29) is 12.8 Å². The molecular weight excluding hydrogens is 428 g/mol. The molecule has 14 nitrogen and oxygen atoms in total. The van der Waals surface area contributed by atoms with Gasteiger partial charge in [-0.15, -0.1) is 0 Å². The average molecular weight is 456 g/mol. The van der Waals surface area contributed by atoms with Gasteiger partial charge in [-0.1, -0.05) is 0 Å². The van der Waals surface area contributed by atoms with Crippen molar-refractivity contribution in [3.8, 4) is 0 Å². The van der Waals surface area contributed by atoms with Gasteiger partial charge in [-0.3, -0.25) is 24.0 Å². The zero-order valence-corrected chi connectivity index (χ0v) is 17.6. The number of carboxylic acids is 2. The van der Waals surface area contributed by atoms with E-state index in [1.54, 1.807) is 0 Å². The first-order valence-electron chi connectivity index (χ1n) is 9.69. The lowest BCUT2D eigenvalue weighted by atomic mass is 10.1. The highest BCUT2D eigenvalue weighted by atomic mass is 16.4. The van der Waals surface area contributed by atoms with Crippen LogP contribution in [0.25, 0.3) is 0 Å². The quantitative estimate of drug-likeness (QED) is 0.150. The number of aliphatic hydroxyl groups is 1. The number of carbonyl (C=O) groups is 5. The van der Waals surface area contributed by atoms with Crippen LogP contribution in [0.15, 0.2) is 12.5 Å². The van der Waals surface area contributed by atoms with E-state index >= 15 is 0 Å². The van der Waals surface area contributed by atoms with E-state index in [4.69, 9.17) is 15.9 Å². The molecule has 14 heteroatoms. The number of rotatable bonds is 13. The van der Waals surface area contributed by atoms with Crippen molar-refractivity contribution >= 4 is 29.7 Å². The number of aromatic amines is 1. The largest absolute Gasteiger partial charge is 0.481 e. The first-order valence-corrected chi connectivity index (χ1v) is 9.69. The van der Waals surface area contributed by atoms with Gasteiger partial charge in [0.1, 0.15) is 24.2 Å². The molecule has 1 aromatic heterocycles. The lowest BCUT2D eigenvalue weighted by molar-refractivity contribution is -0.142. The molecule has 0 saturated heterocycles. The molecule has 0 saturated carbocycles. The van der Waals surface area contributed by atoms with Crippen molar-refractivity contribution in [3.05, 3.63) is 18.2 Å². The molecule has 1 rings (SSSR count). The minimum Gasteiger partial charge on any atom is -0.481 e. The fraction of sp³-hybridized carbons (Fsp3) is 0.556. The van der Waals surface area contributed by atoms with E-state index in [1.165, 1.54) is 26.4 Å². The monoisotopic (exact) mass is 456 g/mol. The maximum absolute atomic E-state index is 12.9. The number of aromatic nitrogens is 2. The van der Waals surface area contributed by atoms with Gasteiger partial charge >= 0.3 is 11.9 Å². The highest BCUT2D eigenvalue weighted by Crippen LogP contribution is 2.04. The number of nitrogens with two attached hydrogens (primary N) is 1. The number of hydrogen-bond acceptors (Lipinski definition) is 8. The molecule has 0 bridgehead atoms. The molecule has 0 fully saturated rings. The van der Waals surface area contributed by atoms with E-state index in [0.29, 0.717) is 5.69 Å². The molecule has 0 spiro atoms. The fourth-order valence-electron chi connectivity index (χ4n) is 2.50. The van der Waals surface area contributed by atoms with Crippen LogP contribution in [0.1, 0.15) is 32.4 Å². The topological polar surface area (TPSA) is 237 Å². The Kier molecular flexibility index (Phi) is 10.2. The summed E-state index contributed by atoms with van der Waals surface area (Å²) in [4.78, 5) is 66.0. The molecule has 0 aliphatic rings. The van der Waals surface area contributed by atoms with Gasteiger partial charge in [-0.25, -0.2) is 4.98 Å². The zero-order chi connectivity index (χ0) is 24.4. The van der Waals surface area contributed by atoms with Gasteiger partial charge in [-0.2, -0.15) is 0 Å². The Labute approximate surface area is 183 Å². The SMILES string of the molecule is CC(NC(=O)C(CCC(=O)O)NC(=O)C(Cc1cnc[nH]1)NC(=O)C(N)C(C)O)C(=O)O. The molecule has 0 aliphatic carbocycles. The average Bonchev–Trinajstić information content (AvgIpc) is 3.22. The zero-order valence-electron chi connectivity index (χ0n) is 17.6. The van der Waals surface area contributed by atoms with Gasteiger partial charge in [0.2, 0.25) is 17.7 Å². The Bertz CT molecular complexity index is 812. The molecule has 5 atom stereocenters. The lowest BCUT2D eigenvalue weighted by Gasteiger charge is -2.24. The molecule has 9 N–H and O–H groups in total. The summed E-state index contributed by atoms with van der Waals surface area (Å²) in [6.07, 6.45) is 0.677. The van der Waals surface area contributed by atoms with Gasteiger partial charge in [0.15, 0.2) is 0 Å². The molecule has 1 aromatic rings. The molecular formula is C18H28N6O8. The number of hydrogen-bond donors (Lipinski definition) is 8. The smallest absolute Gasteiger partial charge is 0.325 e. The van der Waals surface area contributed by atoms with Crippen molar-refractivity contribution in [2.75, 3.05) is 0 Å². The normalized spacial score (nSPS) is 15.5. The van der Waals surface area contributed by atoms with Crippen LogP contribution in [0.4, 0.5) is 0 Å². The summed E-state index contributed by atoms with van der Waals surface area (Å²) in [5.74, 6) is -5.13. The van der Waals surface area contributed by atoms with Gasteiger partial charge < -0.3 is 42.0 Å². The molecule has 1 heterocycles. The standard InChI is InChI=1S/C18H28N6O8/c1-8(18(31)32)22-15(28)11(3-4-13(26)27)23-16(29)12(5-10-6-20-7-21-10)24-17(30)14(19)9(2)25/h6-9,11-12,14,25H,3-5,19H2,1-2H3,(H,20,21)(H,22,28)(H,23,29)(H,24,30)(H,26,27)(H,31,32). The summed E-state index contributed by atoms with van der Waals surface area (Å²) in [7, 11) is 0. The molecule has 0 aromatic carbocycles. The summed E-state index contributed by atoms with van der Waals surface area (Å²) in [6, 6.07) is -5.25. The number of carbonyl (C=O) groups excluding carboxylic acids is 3. The van der Waals surface area contributed by atoms with Gasteiger partial charge in [-0.05, 0) is 20.3 Å². The number of carboxylic acid groups (broad SMARTS) is 2. The van der Waals surface area contributed by atoms with Crippen LogP contribution in [-0.2, 0) is 30.4 Å². The first-order chi connectivity index (χ1) is 14.9. The second kappa shape index (κ2) is 12.4. The first kappa shape index (κ1) is 26.5. The van der Waals surface area contributed by atoms with Gasteiger partial charge in [0, 0.05) is 24.7 Å². The van der Waals surface area contributed by atoms with Crippen molar-refractivity contribution in [1.82, 2.24) is 25.9 Å². The molecule has 5 unspecified atom stereocenters. The van der Waals surface area contributed by atoms with E-state index in [1.807, 2.05) is 0 Å². The minimum absolute atomic E-state index is 0.0805. The minimum atomic E-state index is -1.38. The molecule has 0 radical (unpaired) electrons. The van der Waals surface area contributed by atoms with Crippen LogP contribution in [0.5, 0.6) is 0 Å².